The number of anilines is 1. The standard InChI is InChI=1S/C18H22N4O7S/c1-5-7-29-17(24)13-10(3)14(18(25)28-6-2)30-16(13)20-15(23)11(4)21-9-12(8-19-21)22(26)27/h8-9,11H,5-7H2,1-4H3,(H,20,23). The molecule has 2 rings (SSSR count). The van der Waals surface area contributed by atoms with Crippen LogP contribution in [0.5, 0.6) is 0 Å². The van der Waals surface area contributed by atoms with Crippen molar-refractivity contribution < 1.29 is 28.8 Å². The summed E-state index contributed by atoms with van der Waals surface area (Å²) in [6, 6.07) is -0.910. The van der Waals surface area contributed by atoms with Gasteiger partial charge in [-0.05, 0) is 32.8 Å². The molecule has 30 heavy (non-hydrogen) atoms. The normalized spacial score (nSPS) is 11.6. The Balaban J connectivity index is 2.34. The average Bonchev–Trinajstić information content (AvgIpc) is 3.31. The Labute approximate surface area is 176 Å². The lowest BCUT2D eigenvalue weighted by Crippen LogP contribution is -2.24. The second-order valence-electron chi connectivity index (χ2n) is 6.22. The van der Waals surface area contributed by atoms with E-state index in [-0.39, 0.29) is 34.3 Å². The van der Waals surface area contributed by atoms with Crippen molar-refractivity contribution in [2.45, 2.75) is 40.2 Å². The molecule has 0 aromatic carbocycles. The van der Waals surface area contributed by atoms with Crippen LogP contribution in [-0.4, -0.2) is 45.8 Å². The molecule has 0 spiro atoms. The van der Waals surface area contributed by atoms with Crippen molar-refractivity contribution in [2.75, 3.05) is 18.5 Å². The third-order valence-corrected chi connectivity index (χ3v) is 5.25. The number of esters is 2. The number of nitrogens with zero attached hydrogens (tertiary/aromatic N) is 3. The molecule has 2 heterocycles. The molecule has 2 aromatic rings. The molecular weight excluding hydrogens is 416 g/mol. The summed E-state index contributed by atoms with van der Waals surface area (Å²) in [5.74, 6) is -1.85. The molecule has 0 aliphatic heterocycles. The summed E-state index contributed by atoms with van der Waals surface area (Å²) in [6.07, 6.45) is 2.77. The third kappa shape index (κ3) is 5.00. The predicted molar refractivity (Wildman–Crippen MR) is 108 cm³/mol. The van der Waals surface area contributed by atoms with Crippen molar-refractivity contribution in [3.8, 4) is 0 Å². The largest absolute Gasteiger partial charge is 0.462 e. The van der Waals surface area contributed by atoms with E-state index in [2.05, 4.69) is 10.4 Å². The maximum Gasteiger partial charge on any atom is 0.348 e. The lowest BCUT2D eigenvalue weighted by molar-refractivity contribution is -0.385. The predicted octanol–water partition coefficient (Wildman–Crippen LogP) is 3.10. The van der Waals surface area contributed by atoms with Gasteiger partial charge in [-0.15, -0.1) is 11.3 Å². The first kappa shape index (κ1) is 23.0. The van der Waals surface area contributed by atoms with Gasteiger partial charge < -0.3 is 14.8 Å². The van der Waals surface area contributed by atoms with Crippen LogP contribution in [0.2, 0.25) is 0 Å². The van der Waals surface area contributed by atoms with Gasteiger partial charge in [0.25, 0.3) is 0 Å². The van der Waals surface area contributed by atoms with E-state index in [4.69, 9.17) is 9.47 Å². The van der Waals surface area contributed by atoms with Gasteiger partial charge in [-0.2, -0.15) is 5.10 Å². The highest BCUT2D eigenvalue weighted by Gasteiger charge is 2.29. The van der Waals surface area contributed by atoms with E-state index < -0.39 is 28.8 Å². The van der Waals surface area contributed by atoms with E-state index in [1.807, 2.05) is 6.92 Å². The fourth-order valence-corrected chi connectivity index (χ4v) is 3.57. The summed E-state index contributed by atoms with van der Waals surface area (Å²) >= 11 is 0.902. The third-order valence-electron chi connectivity index (χ3n) is 4.06. The van der Waals surface area contributed by atoms with Crippen molar-refractivity contribution in [1.82, 2.24) is 9.78 Å². The van der Waals surface area contributed by atoms with Crippen LogP contribution in [-0.2, 0) is 14.3 Å². The van der Waals surface area contributed by atoms with Gasteiger partial charge in [-0.25, -0.2) is 9.59 Å². The van der Waals surface area contributed by atoms with Gasteiger partial charge >= 0.3 is 17.6 Å². The number of hydrogen-bond donors (Lipinski definition) is 1. The summed E-state index contributed by atoms with van der Waals surface area (Å²) in [6.45, 7) is 6.90. The van der Waals surface area contributed by atoms with Crippen LogP contribution in [0.25, 0.3) is 0 Å². The van der Waals surface area contributed by atoms with Crippen LogP contribution in [0.1, 0.15) is 58.8 Å². The number of amides is 1. The van der Waals surface area contributed by atoms with Crippen molar-refractivity contribution in [1.29, 1.82) is 0 Å². The number of hydrogen-bond acceptors (Lipinski definition) is 9. The van der Waals surface area contributed by atoms with E-state index in [9.17, 15) is 24.5 Å². The molecule has 1 N–H and O–H groups in total. The number of carbonyl (C=O) groups excluding carboxylic acids is 3. The first-order valence-corrected chi connectivity index (χ1v) is 9.99. The Hall–Kier alpha value is -3.28. The molecule has 11 nitrogen and oxygen atoms in total. The molecule has 0 aliphatic rings. The first-order valence-electron chi connectivity index (χ1n) is 9.18. The minimum absolute atomic E-state index is 0.0727. The fourth-order valence-electron chi connectivity index (χ4n) is 2.48. The molecule has 0 aliphatic carbocycles. The highest BCUT2D eigenvalue weighted by molar-refractivity contribution is 7.18. The molecule has 0 saturated carbocycles. The molecular formula is C18H22N4O7S. The fraction of sp³-hybridized carbons (Fsp3) is 0.444. The molecule has 2 aromatic heterocycles. The smallest absolute Gasteiger partial charge is 0.348 e. The van der Waals surface area contributed by atoms with Gasteiger partial charge in [0.05, 0.1) is 23.7 Å². The average molecular weight is 438 g/mol. The lowest BCUT2D eigenvalue weighted by atomic mass is 10.1. The van der Waals surface area contributed by atoms with E-state index in [0.29, 0.717) is 12.0 Å². The van der Waals surface area contributed by atoms with Crippen LogP contribution >= 0.6 is 11.3 Å². The van der Waals surface area contributed by atoms with Gasteiger partial charge in [-0.1, -0.05) is 6.92 Å². The SMILES string of the molecule is CCCOC(=O)c1c(NC(=O)C(C)n2cc([N+](=O)[O-])cn2)sc(C(=O)OCC)c1C. The van der Waals surface area contributed by atoms with Gasteiger partial charge in [-0.3, -0.25) is 19.6 Å². The number of thiophene rings is 1. The summed E-state index contributed by atoms with van der Waals surface area (Å²) < 4.78 is 11.3. The minimum Gasteiger partial charge on any atom is -0.462 e. The maximum atomic E-state index is 12.7. The van der Waals surface area contributed by atoms with Crippen LogP contribution in [0.4, 0.5) is 10.7 Å². The maximum absolute atomic E-state index is 12.7. The topological polar surface area (TPSA) is 143 Å². The van der Waals surface area contributed by atoms with Crippen LogP contribution in [0, 0.1) is 17.0 Å². The van der Waals surface area contributed by atoms with E-state index in [1.165, 1.54) is 6.92 Å². The highest BCUT2D eigenvalue weighted by Crippen LogP contribution is 2.35. The van der Waals surface area contributed by atoms with Crippen molar-refractivity contribution >= 4 is 39.9 Å². The van der Waals surface area contributed by atoms with Crippen molar-refractivity contribution in [3.63, 3.8) is 0 Å². The van der Waals surface area contributed by atoms with Crippen LogP contribution in [0.3, 0.4) is 0 Å². The summed E-state index contributed by atoms with van der Waals surface area (Å²) in [5.41, 5.74) is 0.163. The molecule has 12 heteroatoms. The van der Waals surface area contributed by atoms with Gasteiger partial charge in [0.1, 0.15) is 28.3 Å². The van der Waals surface area contributed by atoms with E-state index in [0.717, 1.165) is 28.4 Å². The molecule has 1 amide bonds. The molecule has 1 unspecified atom stereocenters. The summed E-state index contributed by atoms with van der Waals surface area (Å²) in [7, 11) is 0. The summed E-state index contributed by atoms with van der Waals surface area (Å²) in [5, 5.41) is 17.4. The minimum atomic E-state index is -0.910. The summed E-state index contributed by atoms with van der Waals surface area (Å²) in [4.78, 5) is 47.8. The van der Waals surface area contributed by atoms with E-state index >= 15 is 0 Å². The second-order valence-corrected chi connectivity index (χ2v) is 7.24. The zero-order valence-electron chi connectivity index (χ0n) is 17.0. The Bertz CT molecular complexity index is 966. The molecule has 0 fully saturated rings. The quantitative estimate of drug-likeness (QED) is 0.357. The van der Waals surface area contributed by atoms with Crippen LogP contribution < -0.4 is 5.32 Å². The molecule has 162 valence electrons. The lowest BCUT2D eigenvalue weighted by Gasteiger charge is -2.12. The zero-order valence-corrected chi connectivity index (χ0v) is 17.8. The Morgan fingerprint density at radius 1 is 1.30 bits per heavy atom. The number of rotatable bonds is 9. The molecule has 0 radical (unpaired) electrons. The number of ether oxygens (including phenoxy) is 2. The van der Waals surface area contributed by atoms with Crippen molar-refractivity contribution in [3.05, 3.63) is 38.5 Å². The van der Waals surface area contributed by atoms with Crippen LogP contribution in [0.15, 0.2) is 12.4 Å². The van der Waals surface area contributed by atoms with E-state index in [1.54, 1.807) is 13.8 Å². The first-order chi connectivity index (χ1) is 14.2. The Morgan fingerprint density at radius 2 is 2.00 bits per heavy atom. The highest BCUT2D eigenvalue weighted by atomic mass is 32.1. The van der Waals surface area contributed by atoms with Gasteiger partial charge in [0.2, 0.25) is 5.91 Å². The molecule has 0 saturated heterocycles. The number of aromatic nitrogens is 2. The number of nitrogens with one attached hydrogen (secondary N) is 1. The Kier molecular flexibility index (Phi) is 7.64. The molecule has 0 bridgehead atoms. The monoisotopic (exact) mass is 438 g/mol. The van der Waals surface area contributed by atoms with Gasteiger partial charge in [0, 0.05) is 0 Å². The van der Waals surface area contributed by atoms with Gasteiger partial charge in [0.15, 0.2) is 0 Å². The number of carbonyl (C=O) groups is 3. The zero-order chi connectivity index (χ0) is 22.4. The molecule has 1 atom stereocenters. The Morgan fingerprint density at radius 3 is 2.57 bits per heavy atom. The van der Waals surface area contributed by atoms with Crippen molar-refractivity contribution in [2.24, 2.45) is 0 Å². The number of nitro groups is 1. The second kappa shape index (κ2) is 9.96.